The summed E-state index contributed by atoms with van der Waals surface area (Å²) in [5, 5.41) is 8.01. The molecule has 1 aromatic heterocycles. The second-order valence-electron chi connectivity index (χ2n) is 5.01. The van der Waals surface area contributed by atoms with Crippen LogP contribution in [-0.4, -0.2) is 42.8 Å². The minimum Gasteiger partial charge on any atom is -0.382 e. The summed E-state index contributed by atoms with van der Waals surface area (Å²) >= 11 is 0. The molecule has 0 aliphatic heterocycles. The van der Waals surface area contributed by atoms with E-state index >= 15 is 0 Å². The Labute approximate surface area is 116 Å². The third kappa shape index (κ3) is 5.30. The number of aryl methyl sites for hydroxylation is 1. The molecular weight excluding hydrogens is 242 g/mol. The Kier molecular flexibility index (Phi) is 7.05. The lowest BCUT2D eigenvalue weighted by Gasteiger charge is -2.09. The summed E-state index contributed by atoms with van der Waals surface area (Å²) in [6, 6.07) is 0.486. The van der Waals surface area contributed by atoms with Crippen molar-refractivity contribution in [1.82, 2.24) is 15.1 Å². The topological polar surface area (TPSA) is 48.3 Å². The van der Waals surface area contributed by atoms with E-state index in [-0.39, 0.29) is 0 Å². The summed E-state index contributed by atoms with van der Waals surface area (Å²) in [7, 11) is 1.68. The number of methoxy groups -OCH3 is 1. The Morgan fingerprint density at radius 2 is 1.95 bits per heavy atom. The molecule has 0 bridgehead atoms. The molecule has 0 saturated heterocycles. The number of nitrogens with one attached hydrogen (secondary N) is 1. The van der Waals surface area contributed by atoms with Crippen molar-refractivity contribution >= 4 is 0 Å². The monoisotopic (exact) mass is 269 g/mol. The lowest BCUT2D eigenvalue weighted by atomic mass is 10.2. The van der Waals surface area contributed by atoms with E-state index in [9.17, 15) is 0 Å². The van der Waals surface area contributed by atoms with Gasteiger partial charge in [-0.3, -0.25) is 4.68 Å². The predicted octanol–water partition coefficient (Wildman–Crippen LogP) is 1.66. The third-order valence-corrected chi connectivity index (χ3v) is 3.10. The van der Waals surface area contributed by atoms with Crippen molar-refractivity contribution in [3.05, 3.63) is 17.0 Å². The van der Waals surface area contributed by atoms with E-state index in [2.05, 4.69) is 38.1 Å². The molecular formula is C14H27N3O2. The number of rotatable bonds is 9. The van der Waals surface area contributed by atoms with Crippen LogP contribution in [-0.2, 0) is 22.6 Å². The van der Waals surface area contributed by atoms with Gasteiger partial charge >= 0.3 is 0 Å². The van der Waals surface area contributed by atoms with E-state index in [4.69, 9.17) is 9.47 Å². The van der Waals surface area contributed by atoms with Crippen LogP contribution < -0.4 is 5.32 Å². The first-order valence-electron chi connectivity index (χ1n) is 6.89. The Hall–Kier alpha value is -0.910. The van der Waals surface area contributed by atoms with E-state index in [1.165, 1.54) is 11.3 Å². The molecule has 110 valence electrons. The molecule has 0 aromatic carbocycles. The van der Waals surface area contributed by atoms with Crippen molar-refractivity contribution < 1.29 is 9.47 Å². The van der Waals surface area contributed by atoms with Crippen LogP contribution in [0.2, 0.25) is 0 Å². The summed E-state index contributed by atoms with van der Waals surface area (Å²) in [6.07, 6.45) is 0. The molecule has 1 heterocycles. The van der Waals surface area contributed by atoms with Crippen molar-refractivity contribution in [2.75, 3.05) is 26.9 Å². The highest BCUT2D eigenvalue weighted by Crippen LogP contribution is 2.12. The molecule has 0 spiro atoms. The van der Waals surface area contributed by atoms with Gasteiger partial charge in [-0.25, -0.2) is 0 Å². The average molecular weight is 269 g/mol. The standard InChI is InChI=1S/C14H27N3O2/c1-11(2)15-10-14-12(3)16-17(13(14)4)6-7-19-9-8-18-5/h11,15H,6-10H2,1-5H3. The molecule has 0 aliphatic rings. The van der Waals surface area contributed by atoms with Crippen LogP contribution in [0.4, 0.5) is 0 Å². The van der Waals surface area contributed by atoms with Gasteiger partial charge in [0.15, 0.2) is 0 Å². The van der Waals surface area contributed by atoms with Gasteiger partial charge in [0.05, 0.1) is 32.1 Å². The predicted molar refractivity (Wildman–Crippen MR) is 76.4 cm³/mol. The van der Waals surface area contributed by atoms with Crippen LogP contribution in [0, 0.1) is 13.8 Å². The molecule has 0 unspecified atom stereocenters. The van der Waals surface area contributed by atoms with Crippen LogP contribution in [0.1, 0.15) is 30.8 Å². The van der Waals surface area contributed by atoms with Crippen LogP contribution in [0.15, 0.2) is 0 Å². The van der Waals surface area contributed by atoms with Crippen molar-refractivity contribution in [3.8, 4) is 0 Å². The minimum atomic E-state index is 0.486. The van der Waals surface area contributed by atoms with Gasteiger partial charge in [0, 0.05) is 31.0 Å². The van der Waals surface area contributed by atoms with Crippen molar-refractivity contribution in [2.45, 2.75) is 46.8 Å². The molecule has 0 amide bonds. The number of ether oxygens (including phenoxy) is 2. The van der Waals surface area contributed by atoms with Gasteiger partial charge in [0.2, 0.25) is 0 Å². The molecule has 1 rings (SSSR count). The molecule has 0 saturated carbocycles. The van der Waals surface area contributed by atoms with Crippen molar-refractivity contribution in [1.29, 1.82) is 0 Å². The fraction of sp³-hybridized carbons (Fsp3) is 0.786. The van der Waals surface area contributed by atoms with E-state index in [1.807, 2.05) is 4.68 Å². The SMILES string of the molecule is COCCOCCn1nc(C)c(CNC(C)C)c1C. The highest BCUT2D eigenvalue weighted by atomic mass is 16.5. The zero-order chi connectivity index (χ0) is 14.3. The highest BCUT2D eigenvalue weighted by Gasteiger charge is 2.11. The molecule has 19 heavy (non-hydrogen) atoms. The first-order valence-corrected chi connectivity index (χ1v) is 6.89. The average Bonchev–Trinajstić information content (AvgIpc) is 2.62. The van der Waals surface area contributed by atoms with Gasteiger partial charge in [-0.15, -0.1) is 0 Å². The fourth-order valence-corrected chi connectivity index (χ4v) is 1.91. The summed E-state index contributed by atoms with van der Waals surface area (Å²) in [6.45, 7) is 12.1. The van der Waals surface area contributed by atoms with Gasteiger partial charge in [-0.2, -0.15) is 5.10 Å². The molecule has 5 heteroatoms. The number of aromatic nitrogens is 2. The quantitative estimate of drug-likeness (QED) is 0.693. The second kappa shape index (κ2) is 8.30. The van der Waals surface area contributed by atoms with E-state index in [0.717, 1.165) is 18.8 Å². The molecule has 5 nitrogen and oxygen atoms in total. The lowest BCUT2D eigenvalue weighted by Crippen LogP contribution is -2.22. The lowest BCUT2D eigenvalue weighted by molar-refractivity contribution is 0.0651. The maximum absolute atomic E-state index is 5.48. The molecule has 1 N–H and O–H groups in total. The van der Waals surface area contributed by atoms with Gasteiger partial charge in [0.25, 0.3) is 0 Å². The zero-order valence-corrected chi connectivity index (χ0v) is 12.8. The summed E-state index contributed by atoms with van der Waals surface area (Å²) < 4.78 is 12.4. The van der Waals surface area contributed by atoms with Crippen molar-refractivity contribution in [3.63, 3.8) is 0 Å². The van der Waals surface area contributed by atoms with E-state index in [1.54, 1.807) is 7.11 Å². The van der Waals surface area contributed by atoms with Crippen LogP contribution in [0.5, 0.6) is 0 Å². The van der Waals surface area contributed by atoms with Crippen LogP contribution in [0.3, 0.4) is 0 Å². The van der Waals surface area contributed by atoms with Gasteiger partial charge in [-0.1, -0.05) is 13.8 Å². The van der Waals surface area contributed by atoms with Gasteiger partial charge in [-0.05, 0) is 13.8 Å². The summed E-state index contributed by atoms with van der Waals surface area (Å²) in [5.41, 5.74) is 3.62. The maximum Gasteiger partial charge on any atom is 0.0701 e. The Bertz CT molecular complexity index is 375. The number of hydrogen-bond acceptors (Lipinski definition) is 4. The maximum atomic E-state index is 5.48. The molecule has 0 fully saturated rings. The molecule has 0 radical (unpaired) electrons. The number of nitrogens with zero attached hydrogens (tertiary/aromatic N) is 2. The molecule has 0 aliphatic carbocycles. The van der Waals surface area contributed by atoms with Crippen LogP contribution >= 0.6 is 0 Å². The smallest absolute Gasteiger partial charge is 0.0701 e. The fourth-order valence-electron chi connectivity index (χ4n) is 1.91. The van der Waals surface area contributed by atoms with Gasteiger partial charge in [0.1, 0.15) is 0 Å². The second-order valence-corrected chi connectivity index (χ2v) is 5.01. The highest BCUT2D eigenvalue weighted by molar-refractivity contribution is 5.24. The van der Waals surface area contributed by atoms with Crippen molar-refractivity contribution in [2.24, 2.45) is 0 Å². The summed E-state index contributed by atoms with van der Waals surface area (Å²) in [4.78, 5) is 0. The first-order chi connectivity index (χ1) is 9.06. The molecule has 1 aromatic rings. The number of hydrogen-bond donors (Lipinski definition) is 1. The first kappa shape index (κ1) is 16.1. The minimum absolute atomic E-state index is 0.486. The normalized spacial score (nSPS) is 11.5. The Balaban J connectivity index is 2.48. The Morgan fingerprint density at radius 3 is 2.58 bits per heavy atom. The van der Waals surface area contributed by atoms with E-state index in [0.29, 0.717) is 25.9 Å². The van der Waals surface area contributed by atoms with Crippen LogP contribution in [0.25, 0.3) is 0 Å². The Morgan fingerprint density at radius 1 is 1.21 bits per heavy atom. The largest absolute Gasteiger partial charge is 0.382 e. The van der Waals surface area contributed by atoms with Gasteiger partial charge < -0.3 is 14.8 Å². The zero-order valence-electron chi connectivity index (χ0n) is 12.8. The van der Waals surface area contributed by atoms with E-state index < -0.39 is 0 Å². The summed E-state index contributed by atoms with van der Waals surface area (Å²) in [5.74, 6) is 0. The molecule has 0 atom stereocenters. The third-order valence-electron chi connectivity index (χ3n) is 3.10.